The van der Waals surface area contributed by atoms with Crippen molar-refractivity contribution in [2.75, 3.05) is 4.90 Å². The molecule has 1 atom stereocenters. The highest BCUT2D eigenvalue weighted by atomic mass is 35.5. The van der Waals surface area contributed by atoms with Gasteiger partial charge in [-0.3, -0.25) is 14.5 Å². The predicted molar refractivity (Wildman–Crippen MR) is 161 cm³/mol. The number of benzene rings is 3. The summed E-state index contributed by atoms with van der Waals surface area (Å²) in [6, 6.07) is 20.1. The predicted octanol–water partition coefficient (Wildman–Crippen LogP) is 7.49. The van der Waals surface area contributed by atoms with Crippen LogP contribution < -0.4 is 4.90 Å². The monoisotopic (exact) mass is 604 g/mol. The molecule has 5 aromatic rings. The molecular weight excluding hydrogens is 584 g/mol. The van der Waals surface area contributed by atoms with Crippen LogP contribution in [0.25, 0.3) is 10.8 Å². The van der Waals surface area contributed by atoms with Gasteiger partial charge in [0.25, 0.3) is 5.91 Å². The zero-order valence-corrected chi connectivity index (χ0v) is 24.5. The number of aliphatic hydroxyl groups excluding tert-OH is 1. The highest BCUT2D eigenvalue weighted by molar-refractivity contribution is 8.00. The van der Waals surface area contributed by atoms with Crippen LogP contribution in [0.1, 0.15) is 37.5 Å². The fraction of sp³-hybridized carbons (Fsp3) is 0.138. The number of anilines is 1. The molecule has 11 heteroatoms. The molecule has 0 saturated heterocycles. The van der Waals surface area contributed by atoms with Gasteiger partial charge >= 0.3 is 0 Å². The lowest BCUT2D eigenvalue weighted by Gasteiger charge is -2.25. The van der Waals surface area contributed by atoms with E-state index >= 15 is 0 Å². The molecule has 1 unspecified atom stereocenters. The molecule has 1 amide bonds. The van der Waals surface area contributed by atoms with Gasteiger partial charge in [0.15, 0.2) is 10.1 Å². The minimum atomic E-state index is -0.894. The number of Topliss-reactive ketones (excluding diaryl/α,β-unsaturated/α-hetero) is 1. The summed E-state index contributed by atoms with van der Waals surface area (Å²) in [5.74, 6) is -1.05. The highest BCUT2D eigenvalue weighted by Gasteiger charge is 2.47. The second-order valence-electron chi connectivity index (χ2n) is 9.15. The zero-order chi connectivity index (χ0) is 28.0. The Morgan fingerprint density at radius 3 is 2.52 bits per heavy atom. The van der Waals surface area contributed by atoms with Crippen molar-refractivity contribution in [1.82, 2.24) is 15.2 Å². The first-order valence-corrected chi connectivity index (χ1v) is 15.3. The Kier molecular flexibility index (Phi) is 7.18. The Bertz CT molecular complexity index is 1810. The largest absolute Gasteiger partial charge is 0.503 e. The molecule has 0 fully saturated rings. The molecule has 3 aromatic carbocycles. The molecule has 1 aliphatic heterocycles. The van der Waals surface area contributed by atoms with Gasteiger partial charge in [0, 0.05) is 10.8 Å². The van der Waals surface area contributed by atoms with Crippen LogP contribution in [-0.2, 0) is 10.5 Å². The minimum Gasteiger partial charge on any atom is -0.503 e. The van der Waals surface area contributed by atoms with E-state index in [0.717, 1.165) is 21.3 Å². The number of carbonyl (C=O) groups is 2. The summed E-state index contributed by atoms with van der Waals surface area (Å²) in [6.07, 6.45) is 0. The van der Waals surface area contributed by atoms with Crippen molar-refractivity contribution < 1.29 is 14.7 Å². The summed E-state index contributed by atoms with van der Waals surface area (Å²) < 4.78 is 0.655. The third-order valence-electron chi connectivity index (χ3n) is 6.56. The Labute approximate surface area is 247 Å². The van der Waals surface area contributed by atoms with Gasteiger partial charge in [-0.05, 0) is 47.9 Å². The van der Waals surface area contributed by atoms with Gasteiger partial charge in [0.1, 0.15) is 0 Å². The normalized spacial score (nSPS) is 15.4. The zero-order valence-electron chi connectivity index (χ0n) is 21.3. The van der Waals surface area contributed by atoms with Gasteiger partial charge in [-0.25, -0.2) is 4.98 Å². The number of halogens is 1. The van der Waals surface area contributed by atoms with Gasteiger partial charge in [-0.2, -0.15) is 0 Å². The standard InChI is InChI=1S/C29H21ClN4O3S3/c1-15-26(39-16(2)31-15)24(35)22-23(21-9-5-7-18-6-3-4-8-20(18)21)34(27(37)25(22)36)28-32-33-29(40-28)38-14-17-10-12-19(30)13-11-17/h3-13,23,36H,14H2,1-2H3. The molecule has 2 aromatic heterocycles. The molecule has 3 heterocycles. The number of thiazole rings is 1. The Morgan fingerprint density at radius 2 is 1.77 bits per heavy atom. The molecule has 0 aliphatic carbocycles. The number of aromatic nitrogens is 3. The Balaban J connectivity index is 1.42. The van der Waals surface area contributed by atoms with E-state index in [1.54, 1.807) is 6.92 Å². The lowest BCUT2D eigenvalue weighted by molar-refractivity contribution is -0.117. The van der Waals surface area contributed by atoms with Gasteiger partial charge in [-0.15, -0.1) is 21.5 Å². The minimum absolute atomic E-state index is 0.0127. The molecule has 6 rings (SSSR count). The number of amides is 1. The Hall–Kier alpha value is -3.57. The van der Waals surface area contributed by atoms with E-state index in [1.807, 2.05) is 73.7 Å². The van der Waals surface area contributed by atoms with Gasteiger partial charge in [0.05, 0.1) is 27.2 Å². The average molecular weight is 605 g/mol. The molecule has 0 radical (unpaired) electrons. The van der Waals surface area contributed by atoms with Crippen LogP contribution >= 0.6 is 46.0 Å². The van der Waals surface area contributed by atoms with Crippen LogP contribution in [0.15, 0.2) is 82.4 Å². The van der Waals surface area contributed by atoms with Crippen LogP contribution in [0, 0.1) is 13.8 Å². The second-order valence-corrected chi connectivity index (χ2v) is 13.0. The number of aryl methyl sites for hydroxylation is 2. The van der Waals surface area contributed by atoms with E-state index in [4.69, 9.17) is 11.6 Å². The van der Waals surface area contributed by atoms with E-state index in [-0.39, 0.29) is 5.57 Å². The third-order valence-corrected chi connectivity index (χ3v) is 10.0. The van der Waals surface area contributed by atoms with Crippen LogP contribution in [0.3, 0.4) is 0 Å². The van der Waals surface area contributed by atoms with Crippen molar-refractivity contribution in [1.29, 1.82) is 0 Å². The summed E-state index contributed by atoms with van der Waals surface area (Å²) >= 11 is 9.97. The van der Waals surface area contributed by atoms with Crippen molar-refractivity contribution in [3.8, 4) is 0 Å². The summed E-state index contributed by atoms with van der Waals surface area (Å²) in [5, 5.41) is 23.3. The number of carbonyl (C=O) groups excluding carboxylic acids is 2. The fourth-order valence-corrected chi connectivity index (χ4v) is 7.59. The maximum absolute atomic E-state index is 13.9. The van der Waals surface area contributed by atoms with E-state index in [9.17, 15) is 14.7 Å². The quantitative estimate of drug-likeness (QED) is 0.117. The van der Waals surface area contributed by atoms with E-state index in [2.05, 4.69) is 15.2 Å². The average Bonchev–Trinajstić information content (AvgIpc) is 3.63. The van der Waals surface area contributed by atoms with Gasteiger partial charge in [-0.1, -0.05) is 89.3 Å². The first-order valence-electron chi connectivity index (χ1n) is 12.3. The van der Waals surface area contributed by atoms with Crippen molar-refractivity contribution in [2.24, 2.45) is 0 Å². The first-order chi connectivity index (χ1) is 19.3. The maximum Gasteiger partial charge on any atom is 0.296 e. The van der Waals surface area contributed by atoms with Crippen molar-refractivity contribution >= 4 is 73.6 Å². The van der Waals surface area contributed by atoms with E-state index in [0.29, 0.717) is 36.4 Å². The summed E-state index contributed by atoms with van der Waals surface area (Å²) in [6.45, 7) is 3.58. The first kappa shape index (κ1) is 26.6. The molecule has 7 nitrogen and oxygen atoms in total. The smallest absolute Gasteiger partial charge is 0.296 e. The number of nitrogens with zero attached hydrogens (tertiary/aromatic N) is 4. The number of hydrogen-bond acceptors (Lipinski definition) is 9. The van der Waals surface area contributed by atoms with Crippen LogP contribution in [-0.4, -0.2) is 32.0 Å². The summed E-state index contributed by atoms with van der Waals surface area (Å²) in [5.41, 5.74) is 2.36. The number of aliphatic hydroxyl groups is 1. The highest BCUT2D eigenvalue weighted by Crippen LogP contribution is 2.46. The Morgan fingerprint density at radius 1 is 1.02 bits per heavy atom. The van der Waals surface area contributed by atoms with Crippen molar-refractivity contribution in [3.63, 3.8) is 0 Å². The van der Waals surface area contributed by atoms with Crippen LogP contribution in [0.2, 0.25) is 5.02 Å². The number of ketones is 1. The molecule has 40 heavy (non-hydrogen) atoms. The number of fused-ring (bicyclic) bond motifs is 1. The summed E-state index contributed by atoms with van der Waals surface area (Å²) in [7, 11) is 0. The number of rotatable bonds is 7. The van der Waals surface area contributed by atoms with Gasteiger partial charge in [0.2, 0.25) is 10.9 Å². The lowest BCUT2D eigenvalue weighted by Crippen LogP contribution is -2.31. The molecule has 0 saturated carbocycles. The van der Waals surface area contributed by atoms with Crippen molar-refractivity contribution in [3.05, 3.63) is 110 Å². The molecule has 0 spiro atoms. The van der Waals surface area contributed by atoms with E-state index in [1.165, 1.54) is 39.3 Å². The SMILES string of the molecule is Cc1nc(C)c(C(=O)C2=C(O)C(=O)N(c3nnc(SCc4ccc(Cl)cc4)s3)C2c2cccc3ccccc23)s1. The molecule has 0 bridgehead atoms. The molecular formula is C29H21ClN4O3S3. The number of hydrogen-bond donors (Lipinski definition) is 1. The lowest BCUT2D eigenvalue weighted by atomic mass is 9.91. The topological polar surface area (TPSA) is 96.3 Å². The second kappa shape index (κ2) is 10.8. The van der Waals surface area contributed by atoms with Crippen molar-refractivity contribution in [2.45, 2.75) is 30.0 Å². The summed E-state index contributed by atoms with van der Waals surface area (Å²) in [4.78, 5) is 33.8. The number of thioether (sulfide) groups is 1. The van der Waals surface area contributed by atoms with Gasteiger partial charge < -0.3 is 5.11 Å². The van der Waals surface area contributed by atoms with Crippen LogP contribution in [0.5, 0.6) is 0 Å². The third kappa shape index (κ3) is 4.81. The van der Waals surface area contributed by atoms with E-state index < -0.39 is 23.5 Å². The fourth-order valence-electron chi connectivity index (χ4n) is 4.77. The molecule has 1 aliphatic rings. The molecule has 1 N–H and O–H groups in total. The maximum atomic E-state index is 13.9. The molecule has 200 valence electrons. The van der Waals surface area contributed by atoms with Crippen LogP contribution in [0.4, 0.5) is 5.13 Å².